The lowest BCUT2D eigenvalue weighted by atomic mass is 10.1. The van der Waals surface area contributed by atoms with Crippen LogP contribution in [0, 0.1) is 0 Å². The van der Waals surface area contributed by atoms with Crippen LogP contribution in [0.15, 0.2) is 55.0 Å². The Morgan fingerprint density at radius 2 is 2.04 bits per heavy atom. The Morgan fingerprint density at radius 3 is 2.88 bits per heavy atom. The van der Waals surface area contributed by atoms with Crippen LogP contribution in [0.3, 0.4) is 0 Å². The summed E-state index contributed by atoms with van der Waals surface area (Å²) in [7, 11) is 1.87. The molecule has 0 atom stereocenters. The van der Waals surface area contributed by atoms with Crippen molar-refractivity contribution < 1.29 is 4.74 Å². The number of ether oxygens (including phenoxy) is 1. The van der Waals surface area contributed by atoms with Gasteiger partial charge in [0.2, 0.25) is 5.88 Å². The highest BCUT2D eigenvalue weighted by molar-refractivity contribution is 6.29. The number of hydrogen-bond acceptors (Lipinski definition) is 5. The standard InChI is InChI=1S/C18H14ClN5O/c1-24-10-13(16(23-24)11-25-18-4-2-3-7-20-18)12-8-15-14(21-9-12)5-6-17(19)22-15/h2-10H,11H2,1H3. The second-order valence-corrected chi connectivity index (χ2v) is 5.90. The molecular weight excluding hydrogens is 338 g/mol. The van der Waals surface area contributed by atoms with Gasteiger partial charge in [-0.25, -0.2) is 9.97 Å². The van der Waals surface area contributed by atoms with Crippen molar-refractivity contribution >= 4 is 22.6 Å². The molecule has 4 aromatic heterocycles. The largest absolute Gasteiger partial charge is 0.471 e. The molecule has 25 heavy (non-hydrogen) atoms. The first-order chi connectivity index (χ1) is 12.2. The van der Waals surface area contributed by atoms with Gasteiger partial charge < -0.3 is 4.74 Å². The van der Waals surface area contributed by atoms with Crippen LogP contribution in [0.4, 0.5) is 0 Å². The number of rotatable bonds is 4. The molecule has 0 bridgehead atoms. The van der Waals surface area contributed by atoms with Crippen molar-refractivity contribution in [2.75, 3.05) is 0 Å². The minimum Gasteiger partial charge on any atom is -0.471 e. The molecule has 4 heterocycles. The molecule has 0 radical (unpaired) electrons. The fourth-order valence-electron chi connectivity index (χ4n) is 2.59. The monoisotopic (exact) mass is 351 g/mol. The van der Waals surface area contributed by atoms with Crippen molar-refractivity contribution in [3.05, 3.63) is 65.8 Å². The third kappa shape index (κ3) is 3.29. The van der Waals surface area contributed by atoms with Gasteiger partial charge in [0.15, 0.2) is 0 Å². The summed E-state index contributed by atoms with van der Waals surface area (Å²) in [5.41, 5.74) is 4.19. The van der Waals surface area contributed by atoms with E-state index in [1.165, 1.54) is 0 Å². The lowest BCUT2D eigenvalue weighted by molar-refractivity contribution is 0.288. The minimum absolute atomic E-state index is 0.314. The lowest BCUT2D eigenvalue weighted by Gasteiger charge is -2.06. The van der Waals surface area contributed by atoms with E-state index in [4.69, 9.17) is 16.3 Å². The molecule has 0 amide bonds. The first-order valence-corrected chi connectivity index (χ1v) is 8.06. The second kappa shape index (κ2) is 6.49. The van der Waals surface area contributed by atoms with Gasteiger partial charge in [0.25, 0.3) is 0 Å². The predicted molar refractivity (Wildman–Crippen MR) is 95.3 cm³/mol. The van der Waals surface area contributed by atoms with E-state index < -0.39 is 0 Å². The Bertz CT molecular complexity index is 1030. The quantitative estimate of drug-likeness (QED) is 0.525. The van der Waals surface area contributed by atoms with Gasteiger partial charge in [0, 0.05) is 42.8 Å². The van der Waals surface area contributed by atoms with Crippen molar-refractivity contribution in [3.63, 3.8) is 0 Å². The van der Waals surface area contributed by atoms with Crippen LogP contribution in [0.5, 0.6) is 5.88 Å². The first kappa shape index (κ1) is 15.5. The number of halogens is 1. The van der Waals surface area contributed by atoms with E-state index in [2.05, 4.69) is 20.1 Å². The van der Waals surface area contributed by atoms with Crippen molar-refractivity contribution in [2.24, 2.45) is 7.05 Å². The van der Waals surface area contributed by atoms with Crippen LogP contribution in [-0.2, 0) is 13.7 Å². The molecule has 0 saturated carbocycles. The molecule has 0 saturated heterocycles. The molecule has 6 nitrogen and oxygen atoms in total. The normalized spacial score (nSPS) is 11.0. The van der Waals surface area contributed by atoms with E-state index in [-0.39, 0.29) is 0 Å². The molecule has 0 aromatic carbocycles. The smallest absolute Gasteiger partial charge is 0.213 e. The van der Waals surface area contributed by atoms with E-state index in [0.717, 1.165) is 27.9 Å². The maximum atomic E-state index is 5.99. The number of fused-ring (bicyclic) bond motifs is 1. The third-order valence-electron chi connectivity index (χ3n) is 3.71. The molecule has 4 aromatic rings. The predicted octanol–water partition coefficient (Wildman–Crippen LogP) is 3.66. The lowest BCUT2D eigenvalue weighted by Crippen LogP contribution is -2.00. The van der Waals surface area contributed by atoms with Crippen LogP contribution in [0.25, 0.3) is 22.2 Å². The Hall–Kier alpha value is -2.99. The van der Waals surface area contributed by atoms with E-state index in [1.807, 2.05) is 43.6 Å². The van der Waals surface area contributed by atoms with E-state index in [1.54, 1.807) is 23.1 Å². The van der Waals surface area contributed by atoms with Crippen molar-refractivity contribution in [1.29, 1.82) is 0 Å². The maximum Gasteiger partial charge on any atom is 0.213 e. The van der Waals surface area contributed by atoms with Gasteiger partial charge in [-0.1, -0.05) is 17.7 Å². The van der Waals surface area contributed by atoms with E-state index >= 15 is 0 Å². The first-order valence-electron chi connectivity index (χ1n) is 7.68. The Morgan fingerprint density at radius 1 is 1.12 bits per heavy atom. The summed E-state index contributed by atoms with van der Waals surface area (Å²) in [6, 6.07) is 11.1. The zero-order valence-corrected chi connectivity index (χ0v) is 14.2. The maximum absolute atomic E-state index is 5.99. The summed E-state index contributed by atoms with van der Waals surface area (Å²) in [6.07, 6.45) is 5.43. The molecule has 0 unspecified atom stereocenters. The summed E-state index contributed by atoms with van der Waals surface area (Å²) in [4.78, 5) is 12.9. The van der Waals surface area contributed by atoms with Gasteiger partial charge in [0.05, 0.1) is 11.0 Å². The fraction of sp³-hybridized carbons (Fsp3) is 0.111. The van der Waals surface area contributed by atoms with Gasteiger partial charge in [0.1, 0.15) is 17.5 Å². The van der Waals surface area contributed by atoms with Crippen molar-refractivity contribution in [3.8, 4) is 17.0 Å². The van der Waals surface area contributed by atoms with Gasteiger partial charge in [-0.15, -0.1) is 0 Å². The molecular formula is C18H14ClN5O. The SMILES string of the molecule is Cn1cc(-c2cnc3ccc(Cl)nc3c2)c(COc2ccccn2)n1. The highest BCUT2D eigenvalue weighted by Crippen LogP contribution is 2.26. The van der Waals surface area contributed by atoms with Gasteiger partial charge in [-0.3, -0.25) is 9.67 Å². The highest BCUT2D eigenvalue weighted by atomic mass is 35.5. The zero-order valence-electron chi connectivity index (χ0n) is 13.4. The Kier molecular flexibility index (Phi) is 4.03. The van der Waals surface area contributed by atoms with Crippen molar-refractivity contribution in [1.82, 2.24) is 24.7 Å². The Labute approximate surface area is 149 Å². The molecule has 124 valence electrons. The number of aromatic nitrogens is 5. The number of pyridine rings is 3. The summed E-state index contributed by atoms with van der Waals surface area (Å²) < 4.78 is 7.48. The Balaban J connectivity index is 1.68. The van der Waals surface area contributed by atoms with Crippen LogP contribution >= 0.6 is 11.6 Å². The summed E-state index contributed by atoms with van der Waals surface area (Å²) in [5, 5.41) is 4.93. The average molecular weight is 352 g/mol. The fourth-order valence-corrected chi connectivity index (χ4v) is 2.74. The molecule has 0 aliphatic heterocycles. The van der Waals surface area contributed by atoms with Crippen LogP contribution in [-0.4, -0.2) is 24.7 Å². The molecule has 0 aliphatic carbocycles. The molecule has 7 heteroatoms. The molecule has 4 rings (SSSR count). The second-order valence-electron chi connectivity index (χ2n) is 5.52. The molecule has 0 spiro atoms. The molecule has 0 aliphatic rings. The van der Waals surface area contributed by atoms with Crippen LogP contribution < -0.4 is 4.74 Å². The highest BCUT2D eigenvalue weighted by Gasteiger charge is 2.12. The number of aryl methyl sites for hydroxylation is 1. The van der Waals surface area contributed by atoms with Gasteiger partial charge >= 0.3 is 0 Å². The summed E-state index contributed by atoms with van der Waals surface area (Å²) >= 11 is 5.99. The third-order valence-corrected chi connectivity index (χ3v) is 3.92. The van der Waals surface area contributed by atoms with E-state index in [9.17, 15) is 0 Å². The summed E-state index contributed by atoms with van der Waals surface area (Å²) in [5.74, 6) is 0.559. The molecule has 0 N–H and O–H groups in total. The van der Waals surface area contributed by atoms with Gasteiger partial charge in [-0.2, -0.15) is 5.10 Å². The minimum atomic E-state index is 0.314. The van der Waals surface area contributed by atoms with E-state index in [0.29, 0.717) is 17.6 Å². The number of hydrogen-bond donors (Lipinski definition) is 0. The van der Waals surface area contributed by atoms with Gasteiger partial charge in [-0.05, 0) is 24.3 Å². The number of nitrogens with zero attached hydrogens (tertiary/aromatic N) is 5. The van der Waals surface area contributed by atoms with Crippen LogP contribution in [0.1, 0.15) is 5.69 Å². The summed E-state index contributed by atoms with van der Waals surface area (Å²) in [6.45, 7) is 0.314. The van der Waals surface area contributed by atoms with Crippen LogP contribution in [0.2, 0.25) is 5.15 Å². The van der Waals surface area contributed by atoms with Crippen molar-refractivity contribution in [2.45, 2.75) is 6.61 Å². The zero-order chi connectivity index (χ0) is 17.2. The molecule has 0 fully saturated rings. The topological polar surface area (TPSA) is 65.7 Å². The average Bonchev–Trinajstić information content (AvgIpc) is 3.01.